The van der Waals surface area contributed by atoms with Gasteiger partial charge in [-0.1, -0.05) is 12.1 Å². The minimum Gasteiger partial charge on any atom is -0.493 e. The second kappa shape index (κ2) is 12.4. The van der Waals surface area contributed by atoms with Crippen LogP contribution >= 0.6 is 24.0 Å². The van der Waals surface area contributed by atoms with Gasteiger partial charge in [0.05, 0.1) is 12.4 Å². The molecular weight excluding hydrogens is 479 g/mol. The van der Waals surface area contributed by atoms with Crippen molar-refractivity contribution in [1.82, 2.24) is 15.4 Å². The van der Waals surface area contributed by atoms with E-state index in [-0.39, 0.29) is 29.7 Å². The van der Waals surface area contributed by atoms with Gasteiger partial charge in [0.15, 0.2) is 5.96 Å². The van der Waals surface area contributed by atoms with Gasteiger partial charge in [-0.25, -0.2) is 13.1 Å². The molecule has 2 rings (SSSR count). The van der Waals surface area contributed by atoms with Gasteiger partial charge in [0, 0.05) is 32.6 Å². The lowest BCUT2D eigenvalue weighted by molar-refractivity contribution is 0.357. The first kappa shape index (κ1) is 24.0. The SMILES string of the molecule is CCNC(=NCCCNS(=O)(=O)CC)NCCc1ccc2c(c1)CCO2.I. The van der Waals surface area contributed by atoms with Crippen molar-refractivity contribution >= 4 is 40.0 Å². The van der Waals surface area contributed by atoms with Crippen LogP contribution in [-0.2, 0) is 22.9 Å². The molecule has 1 heterocycles. The first-order chi connectivity index (χ1) is 12.5. The number of benzene rings is 1. The molecule has 0 saturated heterocycles. The molecule has 0 aromatic heterocycles. The van der Waals surface area contributed by atoms with Crippen LogP contribution in [0.25, 0.3) is 0 Å². The number of hydrogen-bond acceptors (Lipinski definition) is 4. The topological polar surface area (TPSA) is 91.8 Å². The third kappa shape index (κ3) is 8.65. The number of rotatable bonds is 10. The first-order valence-corrected chi connectivity index (χ1v) is 10.9. The molecule has 1 aliphatic rings. The molecule has 0 aliphatic carbocycles. The molecule has 1 aliphatic heterocycles. The minimum absolute atomic E-state index is 0. The van der Waals surface area contributed by atoms with E-state index in [4.69, 9.17) is 4.74 Å². The lowest BCUT2D eigenvalue weighted by Gasteiger charge is -2.12. The first-order valence-electron chi connectivity index (χ1n) is 9.28. The molecule has 1 aromatic rings. The molecule has 0 unspecified atom stereocenters. The molecule has 0 fully saturated rings. The maximum absolute atomic E-state index is 11.4. The van der Waals surface area contributed by atoms with Gasteiger partial charge in [0.2, 0.25) is 10.0 Å². The highest BCUT2D eigenvalue weighted by Crippen LogP contribution is 2.25. The van der Waals surface area contributed by atoms with E-state index < -0.39 is 10.0 Å². The number of ether oxygens (including phenoxy) is 1. The van der Waals surface area contributed by atoms with Crippen LogP contribution in [0, 0.1) is 0 Å². The van der Waals surface area contributed by atoms with E-state index in [9.17, 15) is 8.42 Å². The molecule has 1 aromatic carbocycles. The molecule has 0 spiro atoms. The van der Waals surface area contributed by atoms with Gasteiger partial charge in [0.25, 0.3) is 0 Å². The fraction of sp³-hybridized carbons (Fsp3) is 0.611. The Kier molecular flexibility index (Phi) is 11.0. The lowest BCUT2D eigenvalue weighted by atomic mass is 10.1. The molecule has 3 N–H and O–H groups in total. The van der Waals surface area contributed by atoms with Gasteiger partial charge in [-0.15, -0.1) is 24.0 Å². The molecule has 0 bridgehead atoms. The molecule has 154 valence electrons. The molecule has 0 saturated carbocycles. The summed E-state index contributed by atoms with van der Waals surface area (Å²) in [5.41, 5.74) is 2.57. The minimum atomic E-state index is -3.12. The Morgan fingerprint density at radius 3 is 2.78 bits per heavy atom. The third-order valence-corrected chi connectivity index (χ3v) is 5.52. The summed E-state index contributed by atoms with van der Waals surface area (Å²) in [5.74, 6) is 1.88. The molecule has 0 amide bonds. The molecule has 9 heteroatoms. The molecule has 0 radical (unpaired) electrons. The van der Waals surface area contributed by atoms with Crippen LogP contribution in [0.1, 0.15) is 31.4 Å². The van der Waals surface area contributed by atoms with E-state index in [0.29, 0.717) is 19.5 Å². The van der Waals surface area contributed by atoms with E-state index >= 15 is 0 Å². The summed E-state index contributed by atoms with van der Waals surface area (Å²) in [6.07, 6.45) is 2.57. The summed E-state index contributed by atoms with van der Waals surface area (Å²) in [6, 6.07) is 6.37. The van der Waals surface area contributed by atoms with Crippen molar-refractivity contribution in [2.75, 3.05) is 38.5 Å². The Balaban J connectivity index is 0.00000364. The van der Waals surface area contributed by atoms with Gasteiger partial charge >= 0.3 is 0 Å². The zero-order valence-electron chi connectivity index (χ0n) is 16.1. The number of fused-ring (bicyclic) bond motifs is 1. The highest BCUT2D eigenvalue weighted by atomic mass is 127. The molecule has 0 atom stereocenters. The summed E-state index contributed by atoms with van der Waals surface area (Å²) < 4.78 is 30.8. The quantitative estimate of drug-likeness (QED) is 0.193. The summed E-state index contributed by atoms with van der Waals surface area (Å²) in [5, 5.41) is 6.53. The predicted molar refractivity (Wildman–Crippen MR) is 121 cm³/mol. The molecule has 27 heavy (non-hydrogen) atoms. The zero-order valence-corrected chi connectivity index (χ0v) is 19.2. The Labute approximate surface area is 179 Å². The van der Waals surface area contributed by atoms with Crippen LogP contribution in [0.2, 0.25) is 0 Å². The summed E-state index contributed by atoms with van der Waals surface area (Å²) in [7, 11) is -3.12. The van der Waals surface area contributed by atoms with E-state index in [0.717, 1.165) is 44.2 Å². The standard InChI is InChI=1S/C18H30N4O3S.HI/c1-3-19-18(20-10-5-11-22-26(23,24)4-2)21-12-8-15-6-7-17-16(14-15)9-13-25-17;/h6-7,14,22H,3-5,8-13H2,1-2H3,(H2,19,20,21);1H. The highest BCUT2D eigenvalue weighted by Gasteiger charge is 2.11. The fourth-order valence-corrected chi connectivity index (χ4v) is 3.32. The van der Waals surface area contributed by atoms with Crippen molar-refractivity contribution in [2.24, 2.45) is 4.99 Å². The van der Waals surface area contributed by atoms with Crippen LogP contribution in [0.4, 0.5) is 0 Å². The van der Waals surface area contributed by atoms with E-state index in [1.807, 2.05) is 13.0 Å². The van der Waals surface area contributed by atoms with Crippen LogP contribution in [0.15, 0.2) is 23.2 Å². The van der Waals surface area contributed by atoms with Crippen molar-refractivity contribution in [3.8, 4) is 5.75 Å². The number of nitrogens with zero attached hydrogens (tertiary/aromatic N) is 1. The van der Waals surface area contributed by atoms with E-state index in [2.05, 4.69) is 32.5 Å². The monoisotopic (exact) mass is 510 g/mol. The van der Waals surface area contributed by atoms with Crippen LogP contribution < -0.4 is 20.1 Å². The third-order valence-electron chi connectivity index (χ3n) is 4.11. The normalized spacial score (nSPS) is 13.5. The Morgan fingerprint density at radius 1 is 1.22 bits per heavy atom. The van der Waals surface area contributed by atoms with Crippen molar-refractivity contribution in [1.29, 1.82) is 0 Å². The van der Waals surface area contributed by atoms with E-state index in [1.165, 1.54) is 11.1 Å². The van der Waals surface area contributed by atoms with Crippen molar-refractivity contribution in [3.05, 3.63) is 29.3 Å². The molecule has 7 nitrogen and oxygen atoms in total. The Morgan fingerprint density at radius 2 is 2.04 bits per heavy atom. The van der Waals surface area contributed by atoms with Gasteiger partial charge in [-0.2, -0.15) is 0 Å². The van der Waals surface area contributed by atoms with Gasteiger partial charge in [-0.3, -0.25) is 4.99 Å². The van der Waals surface area contributed by atoms with E-state index in [1.54, 1.807) is 6.92 Å². The van der Waals surface area contributed by atoms with Gasteiger partial charge < -0.3 is 15.4 Å². The van der Waals surface area contributed by atoms with Crippen LogP contribution in [0.5, 0.6) is 5.75 Å². The van der Waals surface area contributed by atoms with Crippen LogP contribution in [-0.4, -0.2) is 52.9 Å². The second-order valence-corrected chi connectivity index (χ2v) is 8.22. The van der Waals surface area contributed by atoms with Crippen molar-refractivity contribution in [3.63, 3.8) is 0 Å². The number of hydrogen-bond donors (Lipinski definition) is 3. The maximum Gasteiger partial charge on any atom is 0.211 e. The average Bonchev–Trinajstić information content (AvgIpc) is 3.09. The summed E-state index contributed by atoms with van der Waals surface area (Å²) in [6.45, 7) is 6.98. The zero-order chi connectivity index (χ0) is 18.8. The molecular formula is C18H31IN4O3S. The number of halogens is 1. The Hall–Kier alpha value is -1.07. The fourth-order valence-electron chi connectivity index (χ4n) is 2.66. The number of sulfonamides is 1. The van der Waals surface area contributed by atoms with Crippen molar-refractivity contribution in [2.45, 2.75) is 33.1 Å². The number of nitrogens with one attached hydrogen (secondary N) is 3. The average molecular weight is 510 g/mol. The Bertz CT molecular complexity index is 711. The smallest absolute Gasteiger partial charge is 0.211 e. The second-order valence-electron chi connectivity index (χ2n) is 6.13. The van der Waals surface area contributed by atoms with Crippen LogP contribution in [0.3, 0.4) is 0 Å². The number of guanidine groups is 1. The lowest BCUT2D eigenvalue weighted by Crippen LogP contribution is -2.38. The summed E-state index contributed by atoms with van der Waals surface area (Å²) in [4.78, 5) is 4.49. The highest BCUT2D eigenvalue weighted by molar-refractivity contribution is 14.0. The van der Waals surface area contributed by atoms with Crippen molar-refractivity contribution < 1.29 is 13.2 Å². The summed E-state index contributed by atoms with van der Waals surface area (Å²) >= 11 is 0. The maximum atomic E-state index is 11.4. The predicted octanol–water partition coefficient (Wildman–Crippen LogP) is 1.67. The van der Waals surface area contributed by atoms with Gasteiger partial charge in [-0.05, 0) is 43.9 Å². The van der Waals surface area contributed by atoms with Gasteiger partial charge in [0.1, 0.15) is 5.75 Å². The number of aliphatic imine (C=N–C) groups is 1. The largest absolute Gasteiger partial charge is 0.493 e.